The summed E-state index contributed by atoms with van der Waals surface area (Å²) in [5.74, 6) is 0. The summed E-state index contributed by atoms with van der Waals surface area (Å²) in [7, 11) is 4.10. The zero-order chi connectivity index (χ0) is 17.1. The summed E-state index contributed by atoms with van der Waals surface area (Å²) in [6.45, 7) is 3.49. The number of nitrogens with zero attached hydrogens (tertiary/aromatic N) is 3. The Hall–Kier alpha value is -1.60. The molecule has 0 spiro atoms. The minimum absolute atomic E-state index is 0.00327. The number of hydrogen-bond acceptors (Lipinski definition) is 4. The van der Waals surface area contributed by atoms with Crippen molar-refractivity contribution < 1.29 is 9.53 Å². The van der Waals surface area contributed by atoms with Crippen molar-refractivity contribution in [2.75, 3.05) is 20.2 Å². The molecular formula is C17H29N5O2. The van der Waals surface area contributed by atoms with Crippen LogP contribution in [0.4, 0.5) is 4.79 Å². The highest BCUT2D eigenvalue weighted by molar-refractivity contribution is 5.74. The number of hydrogen-bond donors (Lipinski definition) is 2. The molecule has 0 radical (unpaired) electrons. The summed E-state index contributed by atoms with van der Waals surface area (Å²) >= 11 is 0. The lowest BCUT2D eigenvalue weighted by Gasteiger charge is -2.30. The molecule has 0 bridgehead atoms. The van der Waals surface area contributed by atoms with Crippen LogP contribution < -0.4 is 10.6 Å². The number of rotatable bonds is 6. The summed E-state index contributed by atoms with van der Waals surface area (Å²) < 4.78 is 7.81. The van der Waals surface area contributed by atoms with Gasteiger partial charge in [-0.05, 0) is 39.7 Å². The van der Waals surface area contributed by atoms with Gasteiger partial charge in [0.05, 0.1) is 18.2 Å². The molecule has 1 aliphatic carbocycles. The molecule has 24 heavy (non-hydrogen) atoms. The fourth-order valence-electron chi connectivity index (χ4n) is 3.27. The van der Waals surface area contributed by atoms with Crippen molar-refractivity contribution in [2.24, 2.45) is 7.05 Å². The number of amides is 2. The Morgan fingerprint density at radius 3 is 2.96 bits per heavy atom. The van der Waals surface area contributed by atoms with Crippen molar-refractivity contribution >= 4 is 6.03 Å². The molecule has 7 nitrogen and oxygen atoms in total. The van der Waals surface area contributed by atoms with Gasteiger partial charge in [-0.25, -0.2) is 9.78 Å². The normalized spacial score (nSPS) is 25.5. The zero-order valence-corrected chi connectivity index (χ0v) is 14.9. The molecule has 2 fully saturated rings. The Labute approximate surface area is 143 Å². The van der Waals surface area contributed by atoms with Gasteiger partial charge >= 0.3 is 6.03 Å². The van der Waals surface area contributed by atoms with Crippen molar-refractivity contribution in [3.63, 3.8) is 0 Å². The van der Waals surface area contributed by atoms with E-state index in [4.69, 9.17) is 4.74 Å². The maximum Gasteiger partial charge on any atom is 0.315 e. The Morgan fingerprint density at radius 1 is 1.50 bits per heavy atom. The summed E-state index contributed by atoms with van der Waals surface area (Å²) in [5.41, 5.74) is 1.06. The quantitative estimate of drug-likeness (QED) is 0.825. The second-order valence-electron chi connectivity index (χ2n) is 7.11. The first kappa shape index (κ1) is 17.2. The Bertz CT molecular complexity index is 557. The van der Waals surface area contributed by atoms with E-state index >= 15 is 0 Å². The molecule has 0 aromatic carbocycles. The third-order valence-electron chi connectivity index (χ3n) is 5.18. The molecule has 2 amide bonds. The summed E-state index contributed by atoms with van der Waals surface area (Å²) in [6, 6.07) is 1.12. The van der Waals surface area contributed by atoms with Crippen LogP contribution in [-0.4, -0.2) is 58.8 Å². The van der Waals surface area contributed by atoms with Gasteiger partial charge in [-0.15, -0.1) is 0 Å². The van der Waals surface area contributed by atoms with Crippen LogP contribution in [0.25, 0.3) is 0 Å². The zero-order valence-electron chi connectivity index (χ0n) is 14.9. The highest BCUT2D eigenvalue weighted by Crippen LogP contribution is 2.28. The second kappa shape index (κ2) is 7.53. The monoisotopic (exact) mass is 335 g/mol. The fraction of sp³-hybridized carbons (Fsp3) is 0.765. The molecule has 3 rings (SSSR count). The van der Waals surface area contributed by atoms with Gasteiger partial charge in [-0.2, -0.15) is 0 Å². The molecule has 1 saturated heterocycles. The van der Waals surface area contributed by atoms with Crippen LogP contribution in [0.1, 0.15) is 44.4 Å². The van der Waals surface area contributed by atoms with Gasteiger partial charge in [0, 0.05) is 38.3 Å². The summed E-state index contributed by atoms with van der Waals surface area (Å²) in [6.07, 6.45) is 7.80. The van der Waals surface area contributed by atoms with Crippen molar-refractivity contribution in [1.29, 1.82) is 0 Å². The van der Waals surface area contributed by atoms with Gasteiger partial charge in [0.1, 0.15) is 6.10 Å². The molecule has 2 N–H and O–H groups in total. The summed E-state index contributed by atoms with van der Waals surface area (Å²) in [5, 5.41) is 6.10. The fourth-order valence-corrected chi connectivity index (χ4v) is 3.27. The van der Waals surface area contributed by atoms with E-state index in [1.165, 1.54) is 12.8 Å². The summed E-state index contributed by atoms with van der Waals surface area (Å²) in [4.78, 5) is 18.7. The molecule has 1 aromatic heterocycles. The number of carbonyl (C=O) groups is 1. The van der Waals surface area contributed by atoms with Gasteiger partial charge in [0.15, 0.2) is 0 Å². The van der Waals surface area contributed by atoms with E-state index in [2.05, 4.69) is 34.5 Å². The lowest BCUT2D eigenvalue weighted by Crippen LogP contribution is -2.48. The minimum atomic E-state index is -0.0818. The SMILES string of the molecule is C[C@H](CNC(=O)N[C@@H]1CCO[C@H](c2cncn2C)C1)N(C)C1CC1. The lowest BCUT2D eigenvalue weighted by molar-refractivity contribution is -0.00179. The smallest absolute Gasteiger partial charge is 0.315 e. The molecule has 7 heteroatoms. The Balaban J connectivity index is 1.43. The molecule has 2 aliphatic rings. The largest absolute Gasteiger partial charge is 0.372 e. The predicted octanol–water partition coefficient (Wildman–Crippen LogP) is 1.42. The second-order valence-corrected chi connectivity index (χ2v) is 7.11. The number of aromatic nitrogens is 2. The average molecular weight is 335 g/mol. The molecule has 134 valence electrons. The van der Waals surface area contributed by atoms with Gasteiger partial charge in [0.2, 0.25) is 0 Å². The van der Waals surface area contributed by atoms with E-state index in [9.17, 15) is 4.79 Å². The van der Waals surface area contributed by atoms with Crippen LogP contribution in [0.5, 0.6) is 0 Å². The van der Waals surface area contributed by atoms with Crippen LogP contribution >= 0.6 is 0 Å². The Morgan fingerprint density at radius 2 is 2.29 bits per heavy atom. The number of carbonyl (C=O) groups excluding carboxylic acids is 1. The number of ether oxygens (including phenoxy) is 1. The first-order valence-corrected chi connectivity index (χ1v) is 8.88. The molecular weight excluding hydrogens is 306 g/mol. The van der Waals surface area contributed by atoms with E-state index < -0.39 is 0 Å². The Kier molecular flexibility index (Phi) is 5.40. The molecule has 1 aliphatic heterocycles. The molecule has 1 saturated carbocycles. The van der Waals surface area contributed by atoms with Gasteiger partial charge in [0.25, 0.3) is 0 Å². The molecule has 1 aromatic rings. The minimum Gasteiger partial charge on any atom is -0.372 e. The van der Waals surface area contributed by atoms with Gasteiger partial charge in [-0.3, -0.25) is 4.90 Å². The third kappa shape index (κ3) is 4.27. The predicted molar refractivity (Wildman–Crippen MR) is 91.7 cm³/mol. The van der Waals surface area contributed by atoms with E-state index in [0.717, 1.165) is 18.5 Å². The highest BCUT2D eigenvalue weighted by Gasteiger charge is 2.30. The first-order chi connectivity index (χ1) is 11.5. The average Bonchev–Trinajstić information content (AvgIpc) is 3.33. The van der Waals surface area contributed by atoms with Crippen molar-refractivity contribution in [3.05, 3.63) is 18.2 Å². The van der Waals surface area contributed by atoms with Crippen LogP contribution in [0.2, 0.25) is 0 Å². The lowest BCUT2D eigenvalue weighted by atomic mass is 10.0. The number of nitrogens with one attached hydrogen (secondary N) is 2. The number of urea groups is 1. The van der Waals surface area contributed by atoms with Gasteiger partial charge in [-0.1, -0.05) is 0 Å². The number of aryl methyl sites for hydroxylation is 1. The molecule has 0 unspecified atom stereocenters. The maximum absolute atomic E-state index is 12.2. The van der Waals surface area contributed by atoms with E-state index in [0.29, 0.717) is 25.2 Å². The number of likely N-dealkylation sites (N-methyl/N-ethyl adjacent to an activating group) is 1. The van der Waals surface area contributed by atoms with Gasteiger partial charge < -0.3 is 19.9 Å². The van der Waals surface area contributed by atoms with Crippen molar-refractivity contribution in [2.45, 2.75) is 56.8 Å². The topological polar surface area (TPSA) is 71.4 Å². The van der Waals surface area contributed by atoms with E-state index in [1.807, 2.05) is 17.8 Å². The van der Waals surface area contributed by atoms with E-state index in [1.54, 1.807) is 6.33 Å². The maximum atomic E-state index is 12.2. The van der Waals surface area contributed by atoms with Crippen molar-refractivity contribution in [1.82, 2.24) is 25.1 Å². The third-order valence-corrected chi connectivity index (χ3v) is 5.18. The van der Waals surface area contributed by atoms with Crippen LogP contribution in [0.3, 0.4) is 0 Å². The molecule has 3 atom stereocenters. The van der Waals surface area contributed by atoms with E-state index in [-0.39, 0.29) is 18.2 Å². The first-order valence-electron chi connectivity index (χ1n) is 8.88. The number of imidazole rings is 1. The standard InChI is InChI=1S/C17H29N5O2/c1-12(22(3)14-4-5-14)9-19-17(23)20-13-6-7-24-16(8-13)15-10-18-11-21(15)2/h10-14,16H,4-9H2,1-3H3,(H2,19,20,23)/t12-,13-,16+/m1/s1. The van der Waals surface area contributed by atoms with Crippen LogP contribution in [0.15, 0.2) is 12.5 Å². The molecule has 2 heterocycles. The highest BCUT2D eigenvalue weighted by atomic mass is 16.5. The van der Waals surface area contributed by atoms with Crippen LogP contribution in [-0.2, 0) is 11.8 Å². The van der Waals surface area contributed by atoms with Crippen molar-refractivity contribution in [3.8, 4) is 0 Å². The van der Waals surface area contributed by atoms with Crippen LogP contribution in [0, 0.1) is 0 Å².